The molecule has 0 radical (unpaired) electrons. The van der Waals surface area contributed by atoms with E-state index >= 15 is 0 Å². The molecule has 62 valence electrons. The Morgan fingerprint density at radius 1 is 1.27 bits per heavy atom. The number of hydrogen-bond donors (Lipinski definition) is 1. The van der Waals surface area contributed by atoms with Crippen LogP contribution in [0.5, 0.6) is 0 Å². The third-order valence-electron chi connectivity index (χ3n) is 2.62. The molecule has 11 heavy (non-hydrogen) atoms. The Hall–Kier alpha value is -0.410. The molecule has 1 aliphatic carbocycles. The van der Waals surface area contributed by atoms with Crippen LogP contribution >= 0.6 is 0 Å². The van der Waals surface area contributed by atoms with Crippen molar-refractivity contribution in [2.45, 2.75) is 18.9 Å². The van der Waals surface area contributed by atoms with Gasteiger partial charge in [0.05, 0.1) is 13.2 Å². The summed E-state index contributed by atoms with van der Waals surface area (Å²) in [7, 11) is 0. The van der Waals surface area contributed by atoms with E-state index in [2.05, 4.69) is 0 Å². The van der Waals surface area contributed by atoms with Crippen molar-refractivity contribution in [2.75, 3.05) is 13.2 Å². The molecule has 2 fully saturated rings. The average molecular weight is 155 g/mol. The molecule has 1 aliphatic heterocycles. The van der Waals surface area contributed by atoms with E-state index in [0.29, 0.717) is 19.0 Å². The van der Waals surface area contributed by atoms with Crippen molar-refractivity contribution < 1.29 is 9.53 Å². The van der Waals surface area contributed by atoms with Crippen LogP contribution in [-0.2, 0) is 9.53 Å². The number of hydrogen-bond acceptors (Lipinski definition) is 3. The molecule has 0 aromatic rings. The van der Waals surface area contributed by atoms with Gasteiger partial charge in [0.25, 0.3) is 0 Å². The van der Waals surface area contributed by atoms with Gasteiger partial charge in [-0.1, -0.05) is 0 Å². The average Bonchev–Trinajstić information content (AvgIpc) is 1.92. The highest BCUT2D eigenvalue weighted by Gasteiger charge is 2.38. The van der Waals surface area contributed by atoms with Crippen molar-refractivity contribution in [1.82, 2.24) is 0 Å². The molecule has 3 nitrogen and oxygen atoms in total. The second-order valence-corrected chi connectivity index (χ2v) is 3.57. The van der Waals surface area contributed by atoms with Gasteiger partial charge in [-0.3, -0.25) is 4.79 Å². The first kappa shape index (κ1) is 7.25. The highest BCUT2D eigenvalue weighted by atomic mass is 16.5. The first-order valence-corrected chi connectivity index (χ1v) is 4.14. The number of ketones is 1. The van der Waals surface area contributed by atoms with Crippen molar-refractivity contribution in [1.29, 1.82) is 0 Å². The van der Waals surface area contributed by atoms with Crippen molar-refractivity contribution in [3.63, 3.8) is 0 Å². The van der Waals surface area contributed by atoms with Gasteiger partial charge < -0.3 is 10.5 Å². The summed E-state index contributed by atoms with van der Waals surface area (Å²) in [5.41, 5.74) is 5.78. The zero-order chi connectivity index (χ0) is 7.84. The van der Waals surface area contributed by atoms with Gasteiger partial charge in [0.15, 0.2) is 0 Å². The van der Waals surface area contributed by atoms with Gasteiger partial charge in [-0.2, -0.15) is 0 Å². The van der Waals surface area contributed by atoms with Crippen molar-refractivity contribution >= 4 is 5.78 Å². The summed E-state index contributed by atoms with van der Waals surface area (Å²) in [6.07, 6.45) is 1.66. The Morgan fingerprint density at radius 2 is 1.82 bits per heavy atom. The second-order valence-electron chi connectivity index (χ2n) is 3.57. The number of ether oxygens (including phenoxy) is 1. The number of fused-ring (bicyclic) bond motifs is 2. The van der Waals surface area contributed by atoms with E-state index in [1.807, 2.05) is 0 Å². The van der Waals surface area contributed by atoms with E-state index in [4.69, 9.17) is 10.5 Å². The normalized spacial score (nSPS) is 44.1. The van der Waals surface area contributed by atoms with Gasteiger partial charge in [-0.15, -0.1) is 0 Å². The van der Waals surface area contributed by atoms with Crippen molar-refractivity contribution in [3.8, 4) is 0 Å². The summed E-state index contributed by atoms with van der Waals surface area (Å²) in [4.78, 5) is 11.4. The topological polar surface area (TPSA) is 52.3 Å². The van der Waals surface area contributed by atoms with Gasteiger partial charge in [0.1, 0.15) is 5.78 Å². The van der Waals surface area contributed by atoms with E-state index in [1.165, 1.54) is 0 Å². The molecule has 0 amide bonds. The van der Waals surface area contributed by atoms with Crippen molar-refractivity contribution in [2.24, 2.45) is 17.6 Å². The Morgan fingerprint density at radius 3 is 2.36 bits per heavy atom. The first-order chi connectivity index (χ1) is 5.27. The maximum Gasteiger partial charge on any atom is 0.143 e. The number of Topliss-reactive ketones (excluding diaryl/α,β-unsaturated/α-hetero) is 1. The monoisotopic (exact) mass is 155 g/mol. The third kappa shape index (κ3) is 1.19. The maximum atomic E-state index is 11.4. The van der Waals surface area contributed by atoms with Crippen LogP contribution in [0.1, 0.15) is 12.8 Å². The van der Waals surface area contributed by atoms with E-state index in [-0.39, 0.29) is 17.9 Å². The van der Waals surface area contributed by atoms with Gasteiger partial charge in [-0.25, -0.2) is 0 Å². The van der Waals surface area contributed by atoms with Gasteiger partial charge >= 0.3 is 0 Å². The molecule has 0 spiro atoms. The molecule has 3 heteroatoms. The lowest BCUT2D eigenvalue weighted by atomic mass is 9.77. The van der Waals surface area contributed by atoms with Gasteiger partial charge in [0, 0.05) is 17.9 Å². The molecule has 2 unspecified atom stereocenters. The summed E-state index contributed by atoms with van der Waals surface area (Å²) in [5, 5.41) is 0. The second kappa shape index (κ2) is 2.57. The lowest BCUT2D eigenvalue weighted by Gasteiger charge is -2.35. The minimum atomic E-state index is 0.109. The van der Waals surface area contributed by atoms with E-state index in [1.54, 1.807) is 0 Å². The summed E-state index contributed by atoms with van der Waals surface area (Å²) in [6, 6.07) is 0.228. The predicted octanol–water partition coefficient (Wildman–Crippen LogP) is -0.0608. The summed E-state index contributed by atoms with van der Waals surface area (Å²) < 4.78 is 5.28. The van der Waals surface area contributed by atoms with Crippen LogP contribution in [0.15, 0.2) is 0 Å². The first-order valence-electron chi connectivity index (χ1n) is 4.14. The van der Waals surface area contributed by atoms with Crippen molar-refractivity contribution in [3.05, 3.63) is 0 Å². The zero-order valence-corrected chi connectivity index (χ0v) is 6.45. The van der Waals surface area contributed by atoms with Crippen LogP contribution in [0.3, 0.4) is 0 Å². The van der Waals surface area contributed by atoms with Crippen LogP contribution in [-0.4, -0.2) is 25.0 Å². The fourth-order valence-corrected chi connectivity index (χ4v) is 2.05. The Balaban J connectivity index is 2.13. The quantitative estimate of drug-likeness (QED) is 0.533. The standard InChI is InChI=1S/C8H13NO2/c9-7-1-5-3-11-4-6(2-7)8(5)10/h5-7H,1-4,9H2. The largest absolute Gasteiger partial charge is 0.380 e. The highest BCUT2D eigenvalue weighted by molar-refractivity contribution is 5.85. The molecule has 2 N–H and O–H groups in total. The Kier molecular flexibility index (Phi) is 1.69. The molecule has 2 bridgehead atoms. The van der Waals surface area contributed by atoms with E-state index < -0.39 is 0 Å². The van der Waals surface area contributed by atoms with Gasteiger partial charge in [-0.05, 0) is 12.8 Å². The van der Waals surface area contributed by atoms with Crippen LogP contribution in [0.4, 0.5) is 0 Å². The molecule has 2 aliphatic rings. The molecular formula is C8H13NO2. The van der Waals surface area contributed by atoms with Crippen LogP contribution < -0.4 is 5.73 Å². The SMILES string of the molecule is NC1CC2COCC(C1)C2=O. The van der Waals surface area contributed by atoms with E-state index in [0.717, 1.165) is 12.8 Å². The minimum Gasteiger partial charge on any atom is -0.380 e. The number of carbonyl (C=O) groups is 1. The highest BCUT2D eigenvalue weighted by Crippen LogP contribution is 2.29. The molecule has 1 heterocycles. The Bertz CT molecular complexity index is 165. The molecule has 2 atom stereocenters. The lowest BCUT2D eigenvalue weighted by Crippen LogP contribution is -2.46. The molecule has 0 aromatic carbocycles. The van der Waals surface area contributed by atoms with Crippen LogP contribution in [0.25, 0.3) is 0 Å². The molecule has 2 rings (SSSR count). The number of rotatable bonds is 0. The molecular weight excluding hydrogens is 142 g/mol. The summed E-state index contributed by atoms with van der Waals surface area (Å²) in [5.74, 6) is 0.605. The van der Waals surface area contributed by atoms with Crippen LogP contribution in [0, 0.1) is 11.8 Å². The Labute approximate surface area is 65.9 Å². The van der Waals surface area contributed by atoms with Crippen LogP contribution in [0.2, 0.25) is 0 Å². The summed E-state index contributed by atoms with van der Waals surface area (Å²) >= 11 is 0. The zero-order valence-electron chi connectivity index (χ0n) is 6.45. The molecule has 1 saturated carbocycles. The predicted molar refractivity (Wildman–Crippen MR) is 40.0 cm³/mol. The molecule has 1 saturated heterocycles. The third-order valence-corrected chi connectivity index (χ3v) is 2.62. The fourth-order valence-electron chi connectivity index (χ4n) is 2.05. The maximum absolute atomic E-state index is 11.4. The van der Waals surface area contributed by atoms with E-state index in [9.17, 15) is 4.79 Å². The fraction of sp³-hybridized carbons (Fsp3) is 0.875. The smallest absolute Gasteiger partial charge is 0.143 e. The lowest BCUT2D eigenvalue weighted by molar-refractivity contribution is -0.141. The number of carbonyl (C=O) groups excluding carboxylic acids is 1. The minimum absolute atomic E-state index is 0.109. The van der Waals surface area contributed by atoms with Gasteiger partial charge in [0.2, 0.25) is 0 Å². The summed E-state index contributed by atoms with van der Waals surface area (Å²) in [6.45, 7) is 1.20. The molecule has 0 aromatic heterocycles. The number of nitrogens with two attached hydrogens (primary N) is 1.